The number of H-pyrrole nitrogens is 1. The first-order valence-corrected chi connectivity index (χ1v) is 4.39. The average molecular weight is 223 g/mol. The van der Waals surface area contributed by atoms with Crippen LogP contribution in [-0.4, -0.2) is 19.1 Å². The summed E-state index contributed by atoms with van der Waals surface area (Å²) < 4.78 is 2.08. The van der Waals surface area contributed by atoms with E-state index in [9.17, 15) is 14.4 Å². The van der Waals surface area contributed by atoms with E-state index in [0.29, 0.717) is 0 Å². The lowest BCUT2D eigenvalue weighted by atomic mass is 10.5. The molecule has 16 heavy (non-hydrogen) atoms. The van der Waals surface area contributed by atoms with E-state index in [2.05, 4.69) is 9.97 Å². The lowest BCUT2D eigenvalue weighted by Gasteiger charge is -2.06. The first kappa shape index (κ1) is 10.1. The van der Waals surface area contributed by atoms with Crippen molar-refractivity contribution in [2.75, 3.05) is 5.73 Å². The number of hydrogen-bond donors (Lipinski definition) is 2. The SMILES string of the molecule is Cn1c(N)nc2c([nH]c(=O)c(=O)n2C)c1=O. The first-order chi connectivity index (χ1) is 7.43. The third kappa shape index (κ3) is 1.16. The molecule has 0 aliphatic heterocycles. The number of nitrogens with two attached hydrogens (primary N) is 1. The predicted molar refractivity (Wildman–Crippen MR) is 57.3 cm³/mol. The van der Waals surface area contributed by atoms with E-state index < -0.39 is 16.7 Å². The van der Waals surface area contributed by atoms with Crippen molar-refractivity contribution in [3.8, 4) is 0 Å². The van der Waals surface area contributed by atoms with Crippen molar-refractivity contribution >= 4 is 17.1 Å². The predicted octanol–water partition coefficient (Wildman–Crippen LogP) is -2.10. The van der Waals surface area contributed by atoms with Crippen LogP contribution in [-0.2, 0) is 14.1 Å². The summed E-state index contributed by atoms with van der Waals surface area (Å²) >= 11 is 0. The number of fused-ring (bicyclic) bond motifs is 1. The topological polar surface area (TPSA) is 116 Å². The van der Waals surface area contributed by atoms with Crippen LogP contribution in [0.15, 0.2) is 14.4 Å². The Morgan fingerprint density at radius 1 is 1.12 bits per heavy atom. The number of anilines is 1. The summed E-state index contributed by atoms with van der Waals surface area (Å²) in [6.45, 7) is 0. The smallest absolute Gasteiger partial charge is 0.317 e. The number of nitrogens with one attached hydrogen (secondary N) is 1. The van der Waals surface area contributed by atoms with E-state index in [1.54, 1.807) is 0 Å². The molecule has 0 saturated carbocycles. The molecule has 0 bridgehead atoms. The number of nitrogen functional groups attached to an aromatic ring is 1. The maximum absolute atomic E-state index is 11.7. The highest BCUT2D eigenvalue weighted by Gasteiger charge is 2.11. The van der Waals surface area contributed by atoms with Crippen molar-refractivity contribution in [1.82, 2.24) is 19.1 Å². The van der Waals surface area contributed by atoms with Crippen molar-refractivity contribution in [1.29, 1.82) is 0 Å². The molecule has 0 amide bonds. The van der Waals surface area contributed by atoms with E-state index in [4.69, 9.17) is 5.73 Å². The zero-order chi connectivity index (χ0) is 12.0. The lowest BCUT2D eigenvalue weighted by molar-refractivity contribution is 0.810. The molecule has 0 aliphatic carbocycles. The van der Waals surface area contributed by atoms with Gasteiger partial charge in [-0.25, -0.2) is 0 Å². The van der Waals surface area contributed by atoms with E-state index in [0.717, 1.165) is 9.13 Å². The van der Waals surface area contributed by atoms with Crippen molar-refractivity contribution < 1.29 is 0 Å². The van der Waals surface area contributed by atoms with Gasteiger partial charge in [-0.3, -0.25) is 23.5 Å². The molecule has 2 heterocycles. The van der Waals surface area contributed by atoms with Gasteiger partial charge >= 0.3 is 11.1 Å². The molecule has 8 nitrogen and oxygen atoms in total. The van der Waals surface area contributed by atoms with E-state index in [1.807, 2.05) is 0 Å². The van der Waals surface area contributed by atoms with Gasteiger partial charge in [-0.05, 0) is 0 Å². The second-order valence-corrected chi connectivity index (χ2v) is 3.35. The zero-order valence-electron chi connectivity index (χ0n) is 8.64. The number of hydrogen-bond acceptors (Lipinski definition) is 5. The van der Waals surface area contributed by atoms with Crippen molar-refractivity contribution in [2.24, 2.45) is 14.1 Å². The Bertz CT molecular complexity index is 751. The number of aromatic nitrogens is 4. The second kappa shape index (κ2) is 3.05. The molecule has 0 unspecified atom stereocenters. The zero-order valence-corrected chi connectivity index (χ0v) is 8.64. The molecule has 0 saturated heterocycles. The lowest BCUT2D eigenvalue weighted by Crippen LogP contribution is -2.38. The van der Waals surface area contributed by atoms with Crippen LogP contribution in [0.3, 0.4) is 0 Å². The fraction of sp³-hybridized carbons (Fsp3) is 0.250. The van der Waals surface area contributed by atoms with Gasteiger partial charge in [0.15, 0.2) is 11.2 Å². The minimum Gasteiger partial charge on any atom is -0.369 e. The summed E-state index contributed by atoms with van der Waals surface area (Å²) in [6.07, 6.45) is 0. The van der Waals surface area contributed by atoms with Crippen LogP contribution < -0.4 is 22.4 Å². The van der Waals surface area contributed by atoms with E-state index in [1.165, 1.54) is 14.1 Å². The molecule has 0 fully saturated rings. The molecule has 2 rings (SSSR count). The number of nitrogens with zero attached hydrogens (tertiary/aromatic N) is 3. The van der Waals surface area contributed by atoms with Crippen molar-refractivity contribution in [3.05, 3.63) is 31.1 Å². The highest BCUT2D eigenvalue weighted by molar-refractivity contribution is 5.69. The Kier molecular flexibility index (Phi) is 1.94. The van der Waals surface area contributed by atoms with Crippen molar-refractivity contribution in [3.63, 3.8) is 0 Å². The summed E-state index contributed by atoms with van der Waals surface area (Å²) in [5.74, 6) is -0.0282. The summed E-state index contributed by atoms with van der Waals surface area (Å²) in [6, 6.07) is 0. The highest BCUT2D eigenvalue weighted by Crippen LogP contribution is 2.00. The van der Waals surface area contributed by atoms with Gasteiger partial charge in [0.25, 0.3) is 5.56 Å². The Labute approximate surface area is 88.0 Å². The fourth-order valence-electron chi connectivity index (χ4n) is 1.37. The van der Waals surface area contributed by atoms with Crippen LogP contribution in [0.4, 0.5) is 5.95 Å². The molecule has 0 aliphatic rings. The minimum atomic E-state index is -0.862. The van der Waals surface area contributed by atoms with Gasteiger partial charge in [-0.2, -0.15) is 4.98 Å². The molecule has 84 valence electrons. The standard InChI is InChI=1S/C8H9N5O3/c1-12-4-3(10-5(14)7(12)16)6(15)13(2)8(9)11-4/h1-2H3,(H2,9,11)(H,10,14). The van der Waals surface area contributed by atoms with Gasteiger partial charge in [0, 0.05) is 14.1 Å². The van der Waals surface area contributed by atoms with Crippen LogP contribution in [0.2, 0.25) is 0 Å². The summed E-state index contributed by atoms with van der Waals surface area (Å²) in [5, 5.41) is 0. The molecule has 0 aromatic carbocycles. The van der Waals surface area contributed by atoms with E-state index in [-0.39, 0.29) is 17.1 Å². The van der Waals surface area contributed by atoms with Crippen LogP contribution in [0.25, 0.3) is 11.2 Å². The molecule has 8 heteroatoms. The quantitative estimate of drug-likeness (QED) is 0.496. The maximum Gasteiger partial charge on any atom is 0.317 e. The number of rotatable bonds is 0. The highest BCUT2D eigenvalue weighted by atomic mass is 16.2. The molecule has 0 spiro atoms. The molecule has 0 atom stereocenters. The summed E-state index contributed by atoms with van der Waals surface area (Å²) in [4.78, 5) is 40.3. The number of aryl methyl sites for hydroxylation is 1. The van der Waals surface area contributed by atoms with Gasteiger partial charge in [0.1, 0.15) is 0 Å². The van der Waals surface area contributed by atoms with Gasteiger partial charge in [0.05, 0.1) is 0 Å². The fourth-order valence-corrected chi connectivity index (χ4v) is 1.37. The third-order valence-electron chi connectivity index (χ3n) is 2.36. The Morgan fingerprint density at radius 3 is 2.38 bits per heavy atom. The minimum absolute atomic E-state index is 0.0282. The molecule has 3 N–H and O–H groups in total. The number of aromatic amines is 1. The van der Waals surface area contributed by atoms with Gasteiger partial charge in [-0.15, -0.1) is 0 Å². The Balaban J connectivity index is 3.22. The third-order valence-corrected chi connectivity index (χ3v) is 2.36. The molecule has 2 aromatic heterocycles. The normalized spacial score (nSPS) is 10.9. The van der Waals surface area contributed by atoms with Crippen molar-refractivity contribution in [2.45, 2.75) is 0 Å². The molecule has 2 aromatic rings. The Hall–Kier alpha value is -2.38. The van der Waals surface area contributed by atoms with Crippen LogP contribution in [0.1, 0.15) is 0 Å². The molecule has 0 radical (unpaired) electrons. The van der Waals surface area contributed by atoms with Gasteiger partial charge in [0.2, 0.25) is 5.95 Å². The average Bonchev–Trinajstić information content (AvgIpc) is 2.25. The molecular weight excluding hydrogens is 214 g/mol. The van der Waals surface area contributed by atoms with Crippen LogP contribution in [0, 0.1) is 0 Å². The van der Waals surface area contributed by atoms with Crippen LogP contribution >= 0.6 is 0 Å². The second-order valence-electron chi connectivity index (χ2n) is 3.35. The summed E-state index contributed by atoms with van der Waals surface area (Å²) in [5.41, 5.74) is 3.36. The summed E-state index contributed by atoms with van der Waals surface area (Å²) in [7, 11) is 2.78. The van der Waals surface area contributed by atoms with Gasteiger partial charge < -0.3 is 10.7 Å². The maximum atomic E-state index is 11.7. The monoisotopic (exact) mass is 223 g/mol. The Morgan fingerprint density at radius 2 is 1.75 bits per heavy atom. The van der Waals surface area contributed by atoms with E-state index >= 15 is 0 Å². The van der Waals surface area contributed by atoms with Crippen LogP contribution in [0.5, 0.6) is 0 Å². The largest absolute Gasteiger partial charge is 0.369 e. The molecular formula is C8H9N5O3. The first-order valence-electron chi connectivity index (χ1n) is 4.39. The van der Waals surface area contributed by atoms with Gasteiger partial charge in [-0.1, -0.05) is 0 Å².